The van der Waals surface area contributed by atoms with Crippen LogP contribution in [-0.4, -0.2) is 78.3 Å². The molecular formula is C55H66BrN3O10S. The molecule has 7 aromatic rings. The standard InChI is InChI=1S/C21H21NO4S.C13H13NO2.C12H11NO2.C7H13BrO2.2CH4/c1-13-9-16(27(2,25)26)8-7-14(13)10-18-17-5-3-4-6-19(17)22-12-15(21(23)24)11-20(18)22;1-8(15)10-7-14-11-5-3-2-4-9(11)6-12(14)13(10)16;14-12(15)9-6-10-5-8-3-1-2-4-11(8)13(10)7-9;1-7(2,3)10-6(9)4-5-8;;/h3-9,15H,10-12H2,1-2H3,(H,23,24);2-6,10,13,16H,7H2,1H3;1-5,9H,6-7H2,(H,14,15);4-5H2,1-3H3;2*1H4. The molecule has 3 aliphatic heterocycles. The van der Waals surface area contributed by atoms with Gasteiger partial charge < -0.3 is 33.8 Å². The van der Waals surface area contributed by atoms with Gasteiger partial charge in [0.05, 0.1) is 29.1 Å². The molecule has 0 amide bonds. The van der Waals surface area contributed by atoms with E-state index in [2.05, 4.69) is 43.3 Å². The van der Waals surface area contributed by atoms with E-state index in [1.54, 1.807) is 19.1 Å². The summed E-state index contributed by atoms with van der Waals surface area (Å²) in [6, 6.07) is 33.5. The van der Waals surface area contributed by atoms with Crippen LogP contribution >= 0.6 is 15.9 Å². The second-order valence-electron chi connectivity index (χ2n) is 18.8. The number of ketones is 1. The van der Waals surface area contributed by atoms with Crippen LogP contribution in [0.1, 0.15) is 88.8 Å². The molecule has 4 unspecified atom stereocenters. The lowest BCUT2D eigenvalue weighted by atomic mass is 9.95. The average Bonchev–Trinajstić information content (AvgIpc) is 4.12. The fraction of sp³-hybridized carbons (Fsp3) is 0.382. The summed E-state index contributed by atoms with van der Waals surface area (Å²) in [5.41, 5.74) is 9.17. The van der Waals surface area contributed by atoms with Crippen molar-refractivity contribution in [2.45, 2.75) is 111 Å². The predicted molar refractivity (Wildman–Crippen MR) is 279 cm³/mol. The van der Waals surface area contributed by atoms with Crippen LogP contribution in [0.2, 0.25) is 0 Å². The Balaban J connectivity index is 0.000000184. The highest BCUT2D eigenvalue weighted by molar-refractivity contribution is 9.09. The van der Waals surface area contributed by atoms with E-state index in [9.17, 15) is 37.8 Å². The van der Waals surface area contributed by atoms with Crippen molar-refractivity contribution < 1.29 is 47.7 Å². The summed E-state index contributed by atoms with van der Waals surface area (Å²) in [6.07, 6.45) is 2.85. The van der Waals surface area contributed by atoms with Gasteiger partial charge in [-0.3, -0.25) is 19.2 Å². The Labute approximate surface area is 419 Å². The van der Waals surface area contributed by atoms with Gasteiger partial charge in [-0.1, -0.05) is 91.4 Å². The van der Waals surface area contributed by atoms with Crippen LogP contribution in [0.4, 0.5) is 0 Å². The molecule has 13 nitrogen and oxygen atoms in total. The second kappa shape index (κ2) is 22.4. The number of ether oxygens (including phenoxy) is 1. The van der Waals surface area contributed by atoms with E-state index in [-0.39, 0.29) is 44.0 Å². The number of aliphatic hydroxyl groups excluding tert-OH is 1. The minimum Gasteiger partial charge on any atom is -0.481 e. The van der Waals surface area contributed by atoms with Crippen molar-refractivity contribution in [1.82, 2.24) is 13.7 Å². The Hall–Kier alpha value is -6.03. The molecule has 0 spiro atoms. The summed E-state index contributed by atoms with van der Waals surface area (Å²) in [5, 5.41) is 32.6. The molecule has 6 heterocycles. The number of aryl methyl sites for hydroxylation is 1. The number of rotatable bonds is 8. The number of hydrogen-bond donors (Lipinski definition) is 3. The van der Waals surface area contributed by atoms with Gasteiger partial charge in [-0.05, 0) is 105 Å². The highest BCUT2D eigenvalue weighted by Crippen LogP contribution is 2.38. The molecule has 10 rings (SSSR count). The number of para-hydroxylation sites is 3. The number of carboxylic acid groups (broad SMARTS) is 2. The van der Waals surface area contributed by atoms with E-state index in [1.807, 2.05) is 105 Å². The summed E-state index contributed by atoms with van der Waals surface area (Å²) < 4.78 is 34.9. The zero-order chi connectivity index (χ0) is 49.2. The first kappa shape index (κ1) is 54.9. The Morgan fingerprint density at radius 1 is 0.743 bits per heavy atom. The van der Waals surface area contributed by atoms with Crippen molar-refractivity contribution in [1.29, 1.82) is 0 Å². The smallest absolute Gasteiger partial charge is 0.308 e. The van der Waals surface area contributed by atoms with Gasteiger partial charge in [-0.15, -0.1) is 0 Å². The van der Waals surface area contributed by atoms with Crippen LogP contribution in [0.15, 0.2) is 108 Å². The molecule has 15 heteroatoms. The maximum Gasteiger partial charge on any atom is 0.308 e. The normalized spacial score (nSPS) is 17.5. The van der Waals surface area contributed by atoms with Crippen molar-refractivity contribution in [2.24, 2.45) is 17.8 Å². The topological polar surface area (TPSA) is 187 Å². The van der Waals surface area contributed by atoms with Crippen molar-refractivity contribution in [3.63, 3.8) is 0 Å². The van der Waals surface area contributed by atoms with E-state index >= 15 is 0 Å². The number of Topliss-reactive ketones (excluding diaryl/α,β-unsaturated/α-hetero) is 1. The number of sulfone groups is 1. The molecule has 0 saturated heterocycles. The maximum atomic E-state index is 11.8. The minimum atomic E-state index is -3.23. The molecule has 3 aliphatic rings. The largest absolute Gasteiger partial charge is 0.481 e. The number of aliphatic hydroxyl groups is 1. The van der Waals surface area contributed by atoms with E-state index in [1.165, 1.54) is 11.6 Å². The van der Waals surface area contributed by atoms with Gasteiger partial charge in [-0.2, -0.15) is 0 Å². The monoisotopic (exact) mass is 1040 g/mol. The molecule has 4 atom stereocenters. The van der Waals surface area contributed by atoms with Gasteiger partial charge in [0.2, 0.25) is 0 Å². The number of benzene rings is 4. The highest BCUT2D eigenvalue weighted by atomic mass is 79.9. The first-order valence-electron chi connectivity index (χ1n) is 22.6. The van der Waals surface area contributed by atoms with Crippen LogP contribution in [0.25, 0.3) is 32.7 Å². The van der Waals surface area contributed by atoms with Crippen LogP contribution < -0.4 is 0 Å². The Morgan fingerprint density at radius 3 is 1.87 bits per heavy atom. The number of halogens is 1. The van der Waals surface area contributed by atoms with Crippen LogP contribution in [0.5, 0.6) is 0 Å². The summed E-state index contributed by atoms with van der Waals surface area (Å²) in [4.78, 5) is 44.9. The van der Waals surface area contributed by atoms with Gasteiger partial charge in [0, 0.05) is 89.5 Å². The third kappa shape index (κ3) is 12.1. The molecule has 0 radical (unpaired) electrons. The molecule has 374 valence electrons. The number of carbonyl (C=O) groups excluding carboxylic acids is 2. The quantitative estimate of drug-likeness (QED) is 0.0977. The number of aromatic nitrogens is 3. The molecule has 0 aliphatic carbocycles. The third-order valence-corrected chi connectivity index (χ3v) is 14.3. The fourth-order valence-corrected chi connectivity index (χ4v) is 10.4. The van der Waals surface area contributed by atoms with Crippen LogP contribution in [-0.2, 0) is 72.6 Å². The summed E-state index contributed by atoms with van der Waals surface area (Å²) in [6.45, 7) is 10.7. The van der Waals surface area contributed by atoms with Gasteiger partial charge in [-0.25, -0.2) is 8.42 Å². The number of hydrogen-bond acceptors (Lipinski definition) is 8. The molecule has 70 heavy (non-hydrogen) atoms. The summed E-state index contributed by atoms with van der Waals surface area (Å²) in [5.74, 6) is -2.46. The highest BCUT2D eigenvalue weighted by Gasteiger charge is 2.36. The van der Waals surface area contributed by atoms with E-state index < -0.39 is 33.8 Å². The average molecular weight is 1040 g/mol. The van der Waals surface area contributed by atoms with Gasteiger partial charge in [0.25, 0.3) is 0 Å². The molecule has 4 aromatic carbocycles. The first-order valence-corrected chi connectivity index (χ1v) is 25.6. The van der Waals surface area contributed by atoms with Crippen molar-refractivity contribution in [3.8, 4) is 0 Å². The minimum absolute atomic E-state index is 0. The SMILES string of the molecule is C.C.CC(=O)C1Cn2c(cc3ccccc32)C1O.CC(C)(C)OC(=O)CCBr.Cc1cc(S(C)(=O)=O)ccc1Cc1c2n(c3ccccc13)CC(C(=O)O)C2.O=C(O)C1Cc2cc3ccccc3n2C1. The molecule has 3 aromatic heterocycles. The Kier molecular flexibility index (Phi) is 17.5. The Bertz CT molecular complexity index is 3160. The van der Waals surface area contributed by atoms with E-state index in [0.29, 0.717) is 55.5 Å². The predicted octanol–water partition coefficient (Wildman–Crippen LogP) is 10.4. The maximum absolute atomic E-state index is 11.8. The molecule has 0 saturated carbocycles. The summed E-state index contributed by atoms with van der Waals surface area (Å²) >= 11 is 3.16. The zero-order valence-corrected chi connectivity index (χ0v) is 41.5. The molecular weight excluding hydrogens is 975 g/mol. The van der Waals surface area contributed by atoms with Crippen LogP contribution in [0, 0.1) is 24.7 Å². The van der Waals surface area contributed by atoms with Crippen molar-refractivity contribution in [2.75, 3.05) is 11.6 Å². The number of esters is 1. The fourth-order valence-electron chi connectivity index (χ4n) is 9.40. The Morgan fingerprint density at radius 2 is 1.30 bits per heavy atom. The number of fused-ring (bicyclic) bond motifs is 9. The van der Waals surface area contributed by atoms with E-state index in [0.717, 1.165) is 61.1 Å². The van der Waals surface area contributed by atoms with Crippen LogP contribution in [0.3, 0.4) is 0 Å². The van der Waals surface area contributed by atoms with Gasteiger partial charge >= 0.3 is 17.9 Å². The number of carboxylic acids is 2. The second-order valence-corrected chi connectivity index (χ2v) is 21.6. The first-order chi connectivity index (χ1) is 32.1. The number of carbonyl (C=O) groups is 4. The molecule has 0 bridgehead atoms. The number of alkyl halides is 1. The van der Waals surface area contributed by atoms with Gasteiger partial charge in [0.15, 0.2) is 9.84 Å². The van der Waals surface area contributed by atoms with Gasteiger partial charge in [0.1, 0.15) is 17.5 Å². The molecule has 0 fully saturated rings. The lowest BCUT2D eigenvalue weighted by Crippen LogP contribution is -2.23. The zero-order valence-electron chi connectivity index (χ0n) is 39.1. The third-order valence-electron chi connectivity index (χ3n) is 12.7. The lowest BCUT2D eigenvalue weighted by molar-refractivity contribution is -0.154. The van der Waals surface area contributed by atoms with E-state index in [4.69, 9.17) is 9.84 Å². The number of aliphatic carboxylic acids is 2. The molecule has 3 N–H and O–H groups in total. The lowest BCUT2D eigenvalue weighted by Gasteiger charge is -2.18. The van der Waals surface area contributed by atoms with Crippen molar-refractivity contribution >= 4 is 82.2 Å². The number of nitrogens with zero attached hydrogens (tertiary/aromatic N) is 3. The summed E-state index contributed by atoms with van der Waals surface area (Å²) in [7, 11) is -3.23. The van der Waals surface area contributed by atoms with Crippen molar-refractivity contribution in [3.05, 3.63) is 137 Å².